The van der Waals surface area contributed by atoms with E-state index in [0.717, 1.165) is 16.0 Å². The maximum atomic E-state index is 10.7. The van der Waals surface area contributed by atoms with Crippen molar-refractivity contribution >= 4 is 33.1 Å². The first-order valence-electron chi connectivity index (χ1n) is 3.99. The molecule has 0 radical (unpaired) electrons. The quantitative estimate of drug-likeness (QED) is 0.626. The monoisotopic (exact) mass is 223 g/mol. The van der Waals surface area contributed by atoms with Gasteiger partial charge in [-0.25, -0.2) is 4.79 Å². The van der Waals surface area contributed by atoms with Crippen molar-refractivity contribution in [2.24, 2.45) is 0 Å². The first kappa shape index (κ1) is 9.60. The fourth-order valence-corrected chi connectivity index (χ4v) is 2.13. The van der Waals surface area contributed by atoms with Crippen molar-refractivity contribution in [3.8, 4) is 0 Å². The number of fused-ring (bicyclic) bond motifs is 1. The fraction of sp³-hybridized carbons (Fsp3) is 0. The molecular formula is C9H5NO4S. The Kier molecular flexibility index (Phi) is 2.12. The van der Waals surface area contributed by atoms with E-state index in [0.29, 0.717) is 5.39 Å². The van der Waals surface area contributed by atoms with Gasteiger partial charge >= 0.3 is 5.97 Å². The van der Waals surface area contributed by atoms with Gasteiger partial charge in [0.25, 0.3) is 5.69 Å². The zero-order valence-corrected chi connectivity index (χ0v) is 8.15. The summed E-state index contributed by atoms with van der Waals surface area (Å²) in [7, 11) is 0. The first-order valence-corrected chi connectivity index (χ1v) is 4.81. The Balaban J connectivity index is 2.62. The number of aromatic carboxylic acids is 1. The molecule has 1 aromatic heterocycles. The minimum atomic E-state index is -1.01. The number of non-ortho nitro benzene ring substituents is 1. The summed E-state index contributed by atoms with van der Waals surface area (Å²) in [4.78, 5) is 20.8. The molecular weight excluding hydrogens is 218 g/mol. The van der Waals surface area contributed by atoms with Crippen molar-refractivity contribution in [1.29, 1.82) is 0 Å². The number of hydrogen-bond acceptors (Lipinski definition) is 4. The molecule has 0 spiro atoms. The van der Waals surface area contributed by atoms with Crippen molar-refractivity contribution in [1.82, 2.24) is 0 Å². The van der Waals surface area contributed by atoms with Crippen LogP contribution in [0.4, 0.5) is 5.69 Å². The van der Waals surface area contributed by atoms with Crippen LogP contribution in [0.25, 0.3) is 10.1 Å². The first-order chi connectivity index (χ1) is 7.08. The van der Waals surface area contributed by atoms with Crippen LogP contribution in [0, 0.1) is 10.1 Å². The molecule has 76 valence electrons. The number of thiophene rings is 1. The summed E-state index contributed by atoms with van der Waals surface area (Å²) in [5.41, 5.74) is -0.0303. The summed E-state index contributed by atoms with van der Waals surface area (Å²) in [6.45, 7) is 0. The summed E-state index contributed by atoms with van der Waals surface area (Å²) in [5, 5.41) is 19.8. The zero-order chi connectivity index (χ0) is 11.0. The minimum absolute atomic E-state index is 0.0303. The molecule has 6 heteroatoms. The van der Waals surface area contributed by atoms with E-state index in [1.54, 1.807) is 6.07 Å². The topological polar surface area (TPSA) is 80.4 Å². The number of benzene rings is 1. The third-order valence-corrected chi connectivity index (χ3v) is 3.03. The van der Waals surface area contributed by atoms with Crippen molar-refractivity contribution in [3.63, 3.8) is 0 Å². The van der Waals surface area contributed by atoms with E-state index in [1.807, 2.05) is 0 Å². The van der Waals surface area contributed by atoms with E-state index >= 15 is 0 Å². The second kappa shape index (κ2) is 3.32. The second-order valence-corrected chi connectivity index (χ2v) is 3.98. The average Bonchev–Trinajstić information content (AvgIpc) is 2.59. The highest BCUT2D eigenvalue weighted by Crippen LogP contribution is 2.28. The van der Waals surface area contributed by atoms with Crippen molar-refractivity contribution in [3.05, 3.63) is 39.3 Å². The van der Waals surface area contributed by atoms with Gasteiger partial charge in [-0.2, -0.15) is 0 Å². The van der Waals surface area contributed by atoms with E-state index < -0.39 is 10.9 Å². The number of nitrogens with zero attached hydrogens (tertiary/aromatic N) is 1. The van der Waals surface area contributed by atoms with E-state index in [1.165, 1.54) is 18.2 Å². The van der Waals surface area contributed by atoms with E-state index in [9.17, 15) is 14.9 Å². The second-order valence-electron chi connectivity index (χ2n) is 2.90. The van der Waals surface area contributed by atoms with E-state index in [2.05, 4.69) is 0 Å². The molecule has 1 N–H and O–H groups in total. The Morgan fingerprint density at radius 1 is 1.40 bits per heavy atom. The predicted octanol–water partition coefficient (Wildman–Crippen LogP) is 2.51. The number of hydrogen-bond donors (Lipinski definition) is 1. The molecule has 15 heavy (non-hydrogen) atoms. The van der Waals surface area contributed by atoms with Crippen LogP contribution in [0.2, 0.25) is 0 Å². The Morgan fingerprint density at radius 2 is 2.13 bits per heavy atom. The molecule has 0 fully saturated rings. The molecule has 0 saturated carbocycles. The van der Waals surface area contributed by atoms with Crippen molar-refractivity contribution in [2.75, 3.05) is 0 Å². The van der Waals surface area contributed by atoms with E-state index in [4.69, 9.17) is 5.11 Å². The fourth-order valence-electron chi connectivity index (χ4n) is 1.25. The van der Waals surface area contributed by atoms with Gasteiger partial charge < -0.3 is 5.11 Å². The van der Waals surface area contributed by atoms with Crippen LogP contribution in [0.1, 0.15) is 9.67 Å². The third-order valence-electron chi connectivity index (χ3n) is 1.92. The molecule has 2 rings (SSSR count). The van der Waals surface area contributed by atoms with Crippen LogP contribution >= 0.6 is 11.3 Å². The Labute approximate surface area is 87.7 Å². The molecule has 5 nitrogen and oxygen atoms in total. The predicted molar refractivity (Wildman–Crippen MR) is 55.4 cm³/mol. The van der Waals surface area contributed by atoms with Gasteiger partial charge in [0.05, 0.1) is 4.92 Å². The van der Waals surface area contributed by atoms with Crippen molar-refractivity contribution in [2.45, 2.75) is 0 Å². The van der Waals surface area contributed by atoms with Gasteiger partial charge in [-0.3, -0.25) is 10.1 Å². The number of nitro groups is 1. The number of carbonyl (C=O) groups is 1. The van der Waals surface area contributed by atoms with E-state index in [-0.39, 0.29) is 10.6 Å². The van der Waals surface area contributed by atoms with Crippen LogP contribution < -0.4 is 0 Å². The number of carboxylic acid groups (broad SMARTS) is 1. The number of nitro benzene ring substituents is 1. The van der Waals surface area contributed by atoms with Crippen molar-refractivity contribution < 1.29 is 14.8 Å². The molecule has 0 aliphatic rings. The van der Waals surface area contributed by atoms with Gasteiger partial charge in [-0.15, -0.1) is 11.3 Å². The smallest absolute Gasteiger partial charge is 0.345 e. The molecule has 0 unspecified atom stereocenters. The van der Waals surface area contributed by atoms with Gasteiger partial charge in [0.15, 0.2) is 0 Å². The Bertz CT molecular complexity index is 548. The molecule has 0 amide bonds. The third kappa shape index (κ3) is 1.66. The molecule has 0 bridgehead atoms. The molecule has 2 aromatic rings. The maximum Gasteiger partial charge on any atom is 0.345 e. The summed E-state index contributed by atoms with van der Waals surface area (Å²) in [6, 6.07) is 5.74. The van der Waals surface area contributed by atoms with Crippen LogP contribution in [0.5, 0.6) is 0 Å². The molecule has 0 aliphatic carbocycles. The Morgan fingerprint density at radius 3 is 2.73 bits per heavy atom. The average molecular weight is 223 g/mol. The zero-order valence-electron chi connectivity index (χ0n) is 7.34. The lowest BCUT2D eigenvalue weighted by Crippen LogP contribution is -1.89. The SMILES string of the molecule is O=C(O)c1cc2cc([N+](=O)[O-])ccc2s1. The standard InChI is InChI=1S/C9H5NO4S/c11-9(12)8-4-5-3-6(10(13)14)1-2-7(5)15-8/h1-4H,(H,11,12). The summed E-state index contributed by atoms with van der Waals surface area (Å²) in [5.74, 6) is -1.01. The Hall–Kier alpha value is -1.95. The minimum Gasteiger partial charge on any atom is -0.477 e. The molecule has 0 aliphatic heterocycles. The summed E-state index contributed by atoms with van der Waals surface area (Å²) in [6.07, 6.45) is 0. The number of carboxylic acids is 1. The van der Waals surface area contributed by atoms with Gasteiger partial charge in [-0.05, 0) is 12.1 Å². The van der Waals surface area contributed by atoms with Crippen LogP contribution in [-0.2, 0) is 0 Å². The molecule has 1 aromatic carbocycles. The lowest BCUT2D eigenvalue weighted by Gasteiger charge is -1.89. The molecule has 0 atom stereocenters. The van der Waals surface area contributed by atoms with Crippen LogP contribution in [0.3, 0.4) is 0 Å². The highest BCUT2D eigenvalue weighted by atomic mass is 32.1. The van der Waals surface area contributed by atoms with Gasteiger partial charge in [0.1, 0.15) is 4.88 Å². The maximum absolute atomic E-state index is 10.7. The highest BCUT2D eigenvalue weighted by Gasteiger charge is 2.11. The lowest BCUT2D eigenvalue weighted by atomic mass is 10.2. The van der Waals surface area contributed by atoms with Gasteiger partial charge in [-0.1, -0.05) is 0 Å². The summed E-state index contributed by atoms with van der Waals surface area (Å²) < 4.78 is 0.734. The molecule has 0 saturated heterocycles. The highest BCUT2D eigenvalue weighted by molar-refractivity contribution is 7.20. The van der Waals surface area contributed by atoms with Gasteiger partial charge in [0.2, 0.25) is 0 Å². The largest absolute Gasteiger partial charge is 0.477 e. The van der Waals surface area contributed by atoms with Crippen LogP contribution in [-0.4, -0.2) is 16.0 Å². The number of rotatable bonds is 2. The molecule has 1 heterocycles. The normalized spacial score (nSPS) is 10.4. The van der Waals surface area contributed by atoms with Gasteiger partial charge in [0, 0.05) is 22.2 Å². The summed E-state index contributed by atoms with van der Waals surface area (Å²) >= 11 is 1.10. The van der Waals surface area contributed by atoms with Crippen LogP contribution in [0.15, 0.2) is 24.3 Å². The lowest BCUT2D eigenvalue weighted by molar-refractivity contribution is -0.384.